The molecule has 0 aromatic rings. The summed E-state index contributed by atoms with van der Waals surface area (Å²) in [6.45, 7) is 0. The monoisotopic (exact) mass is 277 g/mol. The average molecular weight is 277 g/mol. The Morgan fingerprint density at radius 1 is 1.39 bits per heavy atom. The number of hydrogen-bond donors (Lipinski definition) is 1. The highest BCUT2D eigenvalue weighted by Crippen LogP contribution is 2.43. The molecule has 0 fully saturated rings. The van der Waals surface area contributed by atoms with Crippen LogP contribution in [0.4, 0.5) is 26.3 Å². The Kier molecular flexibility index (Phi) is 3.55. The number of nitrogens with one attached hydrogen (secondary N) is 1. The van der Waals surface area contributed by atoms with Gasteiger partial charge in [0.1, 0.15) is 11.2 Å². The van der Waals surface area contributed by atoms with Crippen molar-refractivity contribution in [3.63, 3.8) is 0 Å². The van der Waals surface area contributed by atoms with E-state index in [1.807, 2.05) is 0 Å². The highest BCUT2D eigenvalue weighted by molar-refractivity contribution is 5.71. The predicted octanol–water partition coefficient (Wildman–Crippen LogP) is 2.29. The number of hydrogen-bond acceptors (Lipinski definition) is 3. The summed E-state index contributed by atoms with van der Waals surface area (Å²) in [6, 6.07) is 0. The molecule has 1 aliphatic heterocycles. The predicted molar refractivity (Wildman–Crippen MR) is 47.3 cm³/mol. The summed E-state index contributed by atoms with van der Waals surface area (Å²) in [4.78, 5) is 10.9. The molecule has 0 saturated heterocycles. The van der Waals surface area contributed by atoms with Gasteiger partial charge in [0.25, 0.3) is 0 Å². The van der Waals surface area contributed by atoms with E-state index in [-0.39, 0.29) is 0 Å². The van der Waals surface area contributed by atoms with Gasteiger partial charge in [-0.05, 0) is 0 Å². The van der Waals surface area contributed by atoms with Gasteiger partial charge >= 0.3 is 18.3 Å². The number of methoxy groups -OCH3 is 1. The summed E-state index contributed by atoms with van der Waals surface area (Å²) in [5.74, 6) is -1.24. The van der Waals surface area contributed by atoms with Crippen LogP contribution in [0.25, 0.3) is 0 Å². The fourth-order valence-corrected chi connectivity index (χ4v) is 1.54. The standard InChI is InChI=1S/C9H9F6NO2/c1-18-6(17)4-7(9(13,14)15)3-2-5(16-7)8(10,11)12/h2,16H,3-4H2,1H3. The summed E-state index contributed by atoms with van der Waals surface area (Å²) < 4.78 is 79.4. The molecule has 1 rings (SSSR count). The summed E-state index contributed by atoms with van der Waals surface area (Å²) in [5, 5.41) is 1.36. The fourth-order valence-electron chi connectivity index (χ4n) is 1.54. The lowest BCUT2D eigenvalue weighted by atomic mass is 9.93. The van der Waals surface area contributed by atoms with E-state index in [9.17, 15) is 31.1 Å². The molecule has 0 amide bonds. The molecule has 0 saturated carbocycles. The minimum atomic E-state index is -5.01. The number of rotatable bonds is 2. The first-order chi connectivity index (χ1) is 8.02. The maximum Gasteiger partial charge on any atom is 0.430 e. The number of halogens is 6. The van der Waals surface area contributed by atoms with Crippen molar-refractivity contribution in [3.05, 3.63) is 11.8 Å². The quantitative estimate of drug-likeness (QED) is 0.621. The Bertz CT molecular complexity index is 372. The SMILES string of the molecule is COC(=O)CC1(C(F)(F)F)CC=C(C(F)(F)F)N1. The summed E-state index contributed by atoms with van der Waals surface area (Å²) in [6.07, 6.45) is -11.7. The molecule has 0 aromatic carbocycles. The number of carbonyl (C=O) groups is 1. The molecule has 1 atom stereocenters. The zero-order valence-electron chi connectivity index (χ0n) is 9.08. The first-order valence-corrected chi connectivity index (χ1v) is 4.71. The van der Waals surface area contributed by atoms with Crippen molar-refractivity contribution in [1.82, 2.24) is 5.32 Å². The Balaban J connectivity index is 2.97. The van der Waals surface area contributed by atoms with Gasteiger partial charge in [0.2, 0.25) is 0 Å². The van der Waals surface area contributed by atoms with Crippen molar-refractivity contribution < 1.29 is 35.9 Å². The van der Waals surface area contributed by atoms with Crippen LogP contribution in [0.2, 0.25) is 0 Å². The van der Waals surface area contributed by atoms with Gasteiger partial charge in [-0.25, -0.2) is 0 Å². The van der Waals surface area contributed by atoms with Crippen LogP contribution in [0.1, 0.15) is 12.8 Å². The molecule has 0 aromatic heterocycles. The molecular formula is C9H9F6NO2. The van der Waals surface area contributed by atoms with E-state index in [1.165, 1.54) is 5.32 Å². The summed E-state index contributed by atoms with van der Waals surface area (Å²) >= 11 is 0. The first-order valence-electron chi connectivity index (χ1n) is 4.71. The van der Waals surface area contributed by atoms with E-state index in [0.717, 1.165) is 7.11 Å². The molecule has 0 radical (unpaired) electrons. The molecule has 0 spiro atoms. The first kappa shape index (κ1) is 14.7. The Morgan fingerprint density at radius 3 is 2.28 bits per heavy atom. The van der Waals surface area contributed by atoms with Gasteiger partial charge in [0.05, 0.1) is 13.5 Å². The van der Waals surface area contributed by atoms with Gasteiger partial charge in [-0.15, -0.1) is 0 Å². The molecule has 18 heavy (non-hydrogen) atoms. The van der Waals surface area contributed by atoms with Crippen LogP contribution in [0.15, 0.2) is 11.8 Å². The van der Waals surface area contributed by atoms with Gasteiger partial charge < -0.3 is 10.1 Å². The third kappa shape index (κ3) is 2.70. The van der Waals surface area contributed by atoms with Crippen LogP contribution in [-0.2, 0) is 9.53 Å². The van der Waals surface area contributed by atoms with Gasteiger partial charge in [-0.1, -0.05) is 6.08 Å². The van der Waals surface area contributed by atoms with Gasteiger partial charge in [0.15, 0.2) is 0 Å². The number of esters is 1. The van der Waals surface area contributed by atoms with Crippen molar-refractivity contribution in [3.8, 4) is 0 Å². The molecule has 1 heterocycles. The van der Waals surface area contributed by atoms with E-state index in [0.29, 0.717) is 6.08 Å². The van der Waals surface area contributed by atoms with Crippen LogP contribution in [0, 0.1) is 0 Å². The van der Waals surface area contributed by atoms with Gasteiger partial charge in [-0.3, -0.25) is 4.79 Å². The Hall–Kier alpha value is -1.41. The number of allylic oxidation sites excluding steroid dienone is 1. The van der Waals surface area contributed by atoms with Crippen molar-refractivity contribution in [2.24, 2.45) is 0 Å². The lowest BCUT2D eigenvalue weighted by molar-refractivity contribution is -0.201. The third-order valence-corrected chi connectivity index (χ3v) is 2.55. The molecular weight excluding hydrogens is 268 g/mol. The van der Waals surface area contributed by atoms with E-state index < -0.39 is 42.4 Å². The van der Waals surface area contributed by atoms with Crippen molar-refractivity contribution in [1.29, 1.82) is 0 Å². The summed E-state index contributed by atoms with van der Waals surface area (Å²) in [5.41, 5.74) is -4.45. The van der Waals surface area contributed by atoms with Crippen LogP contribution in [-0.4, -0.2) is 31.0 Å². The molecule has 1 unspecified atom stereocenters. The number of alkyl halides is 6. The normalized spacial score (nSPS) is 24.5. The maximum absolute atomic E-state index is 12.8. The second-order valence-electron chi connectivity index (χ2n) is 3.78. The van der Waals surface area contributed by atoms with Crippen LogP contribution in [0.5, 0.6) is 0 Å². The fraction of sp³-hybridized carbons (Fsp3) is 0.667. The van der Waals surface area contributed by atoms with Gasteiger partial charge in [0, 0.05) is 6.42 Å². The molecule has 104 valence electrons. The van der Waals surface area contributed by atoms with Crippen molar-refractivity contribution >= 4 is 5.97 Å². The average Bonchev–Trinajstić information content (AvgIpc) is 2.61. The Morgan fingerprint density at radius 2 is 1.94 bits per heavy atom. The molecule has 9 heteroatoms. The zero-order valence-corrected chi connectivity index (χ0v) is 9.08. The molecule has 0 aliphatic carbocycles. The minimum absolute atomic E-state index is 0.385. The second-order valence-corrected chi connectivity index (χ2v) is 3.78. The maximum atomic E-state index is 12.8. The van der Waals surface area contributed by atoms with E-state index >= 15 is 0 Å². The van der Waals surface area contributed by atoms with Gasteiger partial charge in [-0.2, -0.15) is 26.3 Å². The lowest BCUT2D eigenvalue weighted by Crippen LogP contribution is -2.55. The zero-order chi connectivity index (χ0) is 14.2. The summed E-state index contributed by atoms with van der Waals surface area (Å²) in [7, 11) is 0.861. The number of ether oxygens (including phenoxy) is 1. The molecule has 1 aliphatic rings. The molecule has 0 bridgehead atoms. The van der Waals surface area contributed by atoms with Crippen molar-refractivity contribution in [2.75, 3.05) is 7.11 Å². The lowest BCUT2D eigenvalue weighted by Gasteiger charge is -2.32. The molecule has 3 nitrogen and oxygen atoms in total. The number of carbonyl (C=O) groups excluding carboxylic acids is 1. The highest BCUT2D eigenvalue weighted by Gasteiger charge is 2.60. The van der Waals surface area contributed by atoms with E-state index in [2.05, 4.69) is 4.74 Å². The van der Waals surface area contributed by atoms with Crippen molar-refractivity contribution in [2.45, 2.75) is 30.7 Å². The van der Waals surface area contributed by atoms with E-state index in [4.69, 9.17) is 0 Å². The second kappa shape index (κ2) is 4.36. The smallest absolute Gasteiger partial charge is 0.430 e. The van der Waals surface area contributed by atoms with E-state index in [1.54, 1.807) is 0 Å². The highest BCUT2D eigenvalue weighted by atomic mass is 19.4. The minimum Gasteiger partial charge on any atom is -0.469 e. The van der Waals surface area contributed by atoms with Crippen LogP contribution < -0.4 is 5.32 Å². The molecule has 1 N–H and O–H groups in total. The third-order valence-electron chi connectivity index (χ3n) is 2.55. The largest absolute Gasteiger partial charge is 0.469 e. The van der Waals surface area contributed by atoms with Crippen LogP contribution >= 0.6 is 0 Å². The van der Waals surface area contributed by atoms with Crippen LogP contribution in [0.3, 0.4) is 0 Å². The topological polar surface area (TPSA) is 38.3 Å². The Labute approximate surface area is 97.8 Å².